The van der Waals surface area contributed by atoms with Crippen molar-refractivity contribution in [2.24, 2.45) is 0 Å². The van der Waals surface area contributed by atoms with Gasteiger partial charge in [-0.3, -0.25) is 0 Å². The lowest BCUT2D eigenvalue weighted by atomic mass is 10.4. The van der Waals surface area contributed by atoms with E-state index in [0.29, 0.717) is 6.61 Å². The largest absolute Gasteiger partial charge is 0.458 e. The van der Waals surface area contributed by atoms with Crippen molar-refractivity contribution >= 4 is 17.4 Å². The molecule has 0 saturated carbocycles. The number of ether oxygens (including phenoxy) is 1. The Morgan fingerprint density at radius 2 is 1.94 bits per heavy atom. The van der Waals surface area contributed by atoms with Gasteiger partial charge in [-0.15, -0.1) is 0 Å². The van der Waals surface area contributed by atoms with Crippen molar-refractivity contribution in [1.82, 2.24) is 0 Å². The molecule has 1 atom stereocenters. The molecule has 0 saturated heterocycles. The number of aliphatic hydroxyl groups excluding tert-OH is 2. The van der Waals surface area contributed by atoms with E-state index < -0.39 is 23.5 Å². The molecule has 0 rings (SSSR count). The smallest absolute Gasteiger partial charge is 0.173 e. The van der Waals surface area contributed by atoms with E-state index in [2.05, 4.69) is 26.2 Å². The highest BCUT2D eigenvalue weighted by Gasteiger charge is 2.22. The molecule has 0 aromatic heterocycles. The van der Waals surface area contributed by atoms with Gasteiger partial charge in [0.1, 0.15) is 6.10 Å². The van der Waals surface area contributed by atoms with Gasteiger partial charge in [0.15, 0.2) is 17.4 Å². The van der Waals surface area contributed by atoms with Gasteiger partial charge in [-0.2, -0.15) is 0 Å². The first-order valence-electron chi connectivity index (χ1n) is 5.92. The molecule has 0 aliphatic carbocycles. The van der Waals surface area contributed by atoms with Gasteiger partial charge in [0, 0.05) is 6.61 Å². The predicted octanol–water partition coefficient (Wildman–Crippen LogP) is 0.951. The van der Waals surface area contributed by atoms with Gasteiger partial charge < -0.3 is 19.1 Å². The average molecular weight is 266 g/mol. The highest BCUT2D eigenvalue weighted by molar-refractivity contribution is 6.77. The van der Waals surface area contributed by atoms with E-state index in [-0.39, 0.29) is 13.2 Å². The van der Waals surface area contributed by atoms with Crippen molar-refractivity contribution in [2.45, 2.75) is 44.8 Å². The summed E-state index contributed by atoms with van der Waals surface area (Å²) in [6, 6.07) is 1.09. The summed E-state index contributed by atoms with van der Waals surface area (Å²) in [6.07, 6.45) is 0.225. The second kappa shape index (κ2) is 8.38. The number of hydrogen-bond acceptors (Lipinski definition) is 4. The van der Waals surface area contributed by atoms with Crippen LogP contribution in [0.25, 0.3) is 0 Å². The van der Waals surface area contributed by atoms with Crippen LogP contribution < -0.4 is 0 Å². The first-order valence-corrected chi connectivity index (χ1v) is 11.8. The Morgan fingerprint density at radius 1 is 1.31 bits per heavy atom. The van der Waals surface area contributed by atoms with Crippen LogP contribution in [0.5, 0.6) is 0 Å². The summed E-state index contributed by atoms with van der Waals surface area (Å²) in [7, 11) is -2.41. The SMILES string of the molecule is C[SiH](C)O[Si](C)(C)CCCOCC(O)CO. The van der Waals surface area contributed by atoms with Crippen LogP contribution in [0.4, 0.5) is 0 Å². The van der Waals surface area contributed by atoms with E-state index >= 15 is 0 Å². The van der Waals surface area contributed by atoms with Crippen molar-refractivity contribution in [1.29, 1.82) is 0 Å². The Morgan fingerprint density at radius 3 is 2.44 bits per heavy atom. The lowest BCUT2D eigenvalue weighted by Crippen LogP contribution is -2.35. The third kappa shape index (κ3) is 9.50. The van der Waals surface area contributed by atoms with Crippen molar-refractivity contribution in [2.75, 3.05) is 19.8 Å². The van der Waals surface area contributed by atoms with Crippen molar-refractivity contribution < 1.29 is 19.1 Å². The highest BCUT2D eigenvalue weighted by atomic mass is 28.4. The summed E-state index contributed by atoms with van der Waals surface area (Å²) < 4.78 is 11.3. The summed E-state index contributed by atoms with van der Waals surface area (Å²) in [5, 5.41) is 17.6. The third-order valence-corrected chi connectivity index (χ3v) is 8.14. The van der Waals surface area contributed by atoms with Gasteiger partial charge >= 0.3 is 0 Å². The summed E-state index contributed by atoms with van der Waals surface area (Å²) in [6.45, 7) is 9.49. The van der Waals surface area contributed by atoms with Gasteiger partial charge in [0.2, 0.25) is 0 Å². The Balaban J connectivity index is 3.50. The van der Waals surface area contributed by atoms with Gasteiger partial charge in [-0.1, -0.05) is 0 Å². The zero-order valence-electron chi connectivity index (χ0n) is 10.9. The van der Waals surface area contributed by atoms with Crippen LogP contribution in [-0.4, -0.2) is 53.5 Å². The van der Waals surface area contributed by atoms with Crippen LogP contribution in [0.1, 0.15) is 6.42 Å². The first-order chi connectivity index (χ1) is 7.37. The topological polar surface area (TPSA) is 58.9 Å². The highest BCUT2D eigenvalue weighted by Crippen LogP contribution is 2.14. The molecule has 98 valence electrons. The molecule has 0 fully saturated rings. The van der Waals surface area contributed by atoms with Crippen LogP contribution >= 0.6 is 0 Å². The monoisotopic (exact) mass is 266 g/mol. The lowest BCUT2D eigenvalue weighted by molar-refractivity contribution is 0.00639. The second-order valence-electron chi connectivity index (χ2n) is 4.94. The third-order valence-electron chi connectivity index (χ3n) is 2.14. The number of aliphatic hydroxyl groups is 2. The molecule has 0 heterocycles. The molecular weight excluding hydrogens is 240 g/mol. The van der Waals surface area contributed by atoms with Gasteiger partial charge in [0.05, 0.1) is 13.2 Å². The van der Waals surface area contributed by atoms with Crippen LogP contribution in [0.15, 0.2) is 0 Å². The van der Waals surface area contributed by atoms with E-state index in [1.807, 2.05) is 0 Å². The van der Waals surface area contributed by atoms with E-state index in [1.54, 1.807) is 0 Å². The zero-order valence-corrected chi connectivity index (χ0v) is 13.1. The molecule has 0 amide bonds. The maximum Gasteiger partial charge on any atom is 0.173 e. The van der Waals surface area contributed by atoms with Crippen LogP contribution in [0, 0.1) is 0 Å². The fourth-order valence-electron chi connectivity index (χ4n) is 1.57. The van der Waals surface area contributed by atoms with Crippen molar-refractivity contribution in [3.8, 4) is 0 Å². The van der Waals surface area contributed by atoms with Crippen LogP contribution in [0.3, 0.4) is 0 Å². The minimum Gasteiger partial charge on any atom is -0.458 e. The molecule has 16 heavy (non-hydrogen) atoms. The number of hydrogen-bond donors (Lipinski definition) is 2. The number of rotatable bonds is 9. The van der Waals surface area contributed by atoms with E-state index in [9.17, 15) is 0 Å². The Bertz CT molecular complexity index is 176. The maximum absolute atomic E-state index is 9.05. The predicted molar refractivity (Wildman–Crippen MR) is 70.8 cm³/mol. The Labute approximate surface area is 101 Å². The minimum atomic E-state index is -1.48. The summed E-state index contributed by atoms with van der Waals surface area (Å²) in [5.41, 5.74) is 0. The molecule has 2 N–H and O–H groups in total. The fraction of sp³-hybridized carbons (Fsp3) is 1.00. The van der Waals surface area contributed by atoms with Crippen LogP contribution in [-0.2, 0) is 8.85 Å². The molecule has 0 aromatic carbocycles. The molecule has 1 unspecified atom stereocenters. The zero-order chi connectivity index (χ0) is 12.6. The summed E-state index contributed by atoms with van der Waals surface area (Å²) in [4.78, 5) is 0. The van der Waals surface area contributed by atoms with E-state index in [1.165, 1.54) is 0 Å². The van der Waals surface area contributed by atoms with E-state index in [4.69, 9.17) is 19.1 Å². The molecular formula is C10H26O4Si2. The first kappa shape index (κ1) is 16.3. The molecule has 0 aromatic rings. The fourth-order valence-corrected chi connectivity index (χ4v) is 8.14. The van der Waals surface area contributed by atoms with E-state index in [0.717, 1.165) is 12.5 Å². The molecule has 0 aliphatic heterocycles. The van der Waals surface area contributed by atoms with Gasteiger partial charge in [-0.05, 0) is 38.7 Å². The van der Waals surface area contributed by atoms with Crippen molar-refractivity contribution in [3.63, 3.8) is 0 Å². The molecule has 4 nitrogen and oxygen atoms in total. The minimum absolute atomic E-state index is 0.221. The quantitative estimate of drug-likeness (QED) is 0.482. The second-order valence-corrected chi connectivity index (χ2v) is 12.0. The van der Waals surface area contributed by atoms with Crippen molar-refractivity contribution in [3.05, 3.63) is 0 Å². The molecule has 0 bridgehead atoms. The normalized spacial score (nSPS) is 14.4. The Kier molecular flexibility index (Phi) is 8.52. The molecule has 6 heteroatoms. The van der Waals surface area contributed by atoms with Gasteiger partial charge in [-0.25, -0.2) is 0 Å². The summed E-state index contributed by atoms with van der Waals surface area (Å²) in [5.74, 6) is 0. The maximum atomic E-state index is 9.05. The standard InChI is InChI=1S/C10H26O4Si2/c1-15(2)14-16(3,4)7-5-6-13-9-10(12)8-11/h10-12,15H,5-9H2,1-4H3. The average Bonchev–Trinajstić information content (AvgIpc) is 2.14. The van der Waals surface area contributed by atoms with Gasteiger partial charge in [0.25, 0.3) is 0 Å². The lowest BCUT2D eigenvalue weighted by Gasteiger charge is -2.25. The molecule has 0 aliphatic rings. The molecule has 0 spiro atoms. The molecule has 0 radical (unpaired) electrons. The van der Waals surface area contributed by atoms with Crippen LogP contribution in [0.2, 0.25) is 32.2 Å². The Hall–Kier alpha value is 0.274. The summed E-state index contributed by atoms with van der Waals surface area (Å²) >= 11 is 0.